The number of fused-ring (bicyclic) bond motifs is 5. The summed E-state index contributed by atoms with van der Waals surface area (Å²) < 4.78 is 28.6. The van der Waals surface area contributed by atoms with E-state index in [0.29, 0.717) is 34.1 Å². The van der Waals surface area contributed by atoms with E-state index < -0.39 is 35.6 Å². The summed E-state index contributed by atoms with van der Waals surface area (Å²) in [5.41, 5.74) is -1.29. The van der Waals surface area contributed by atoms with Crippen LogP contribution in [-0.4, -0.2) is 65.2 Å². The normalized spacial score (nSPS) is 29.2. The van der Waals surface area contributed by atoms with Crippen LogP contribution in [-0.2, 0) is 9.47 Å². The highest BCUT2D eigenvalue weighted by atomic mass is 16.6. The number of aromatic hydroxyl groups is 1. The highest BCUT2D eigenvalue weighted by Crippen LogP contribution is 2.48. The molecule has 10 heteroatoms. The lowest BCUT2D eigenvalue weighted by atomic mass is 9.80. The first-order valence-electron chi connectivity index (χ1n) is 12.2. The number of methoxy groups -OCH3 is 2. The fourth-order valence-electron chi connectivity index (χ4n) is 5.59. The van der Waals surface area contributed by atoms with Gasteiger partial charge in [0.25, 0.3) is 0 Å². The average Bonchev–Trinajstić information content (AvgIpc) is 3.75. The van der Waals surface area contributed by atoms with Crippen LogP contribution in [0.2, 0.25) is 0 Å². The van der Waals surface area contributed by atoms with Crippen LogP contribution in [0.25, 0.3) is 32.5 Å². The quantitative estimate of drug-likeness (QED) is 0.178. The number of hydrogen-bond donors (Lipinski definition) is 4. The summed E-state index contributed by atoms with van der Waals surface area (Å²) in [4.78, 5) is 13.4. The molecule has 0 aliphatic carbocycles. The Balaban J connectivity index is 1.75. The summed E-state index contributed by atoms with van der Waals surface area (Å²) >= 11 is 0. The second kappa shape index (κ2) is 8.55. The van der Waals surface area contributed by atoms with E-state index in [0.717, 1.165) is 5.56 Å². The lowest BCUT2D eigenvalue weighted by molar-refractivity contribution is -0.261. The van der Waals surface area contributed by atoms with Gasteiger partial charge in [-0.2, -0.15) is 0 Å². The Morgan fingerprint density at radius 3 is 2.32 bits per heavy atom. The molecule has 0 amide bonds. The highest BCUT2D eigenvalue weighted by Gasteiger charge is 2.51. The first kappa shape index (κ1) is 24.9. The van der Waals surface area contributed by atoms with Gasteiger partial charge in [-0.25, -0.2) is 4.79 Å². The van der Waals surface area contributed by atoms with Gasteiger partial charge in [0, 0.05) is 16.2 Å². The van der Waals surface area contributed by atoms with Crippen molar-refractivity contribution < 1.29 is 43.8 Å². The van der Waals surface area contributed by atoms with Crippen molar-refractivity contribution >= 4 is 32.5 Å². The van der Waals surface area contributed by atoms with E-state index in [4.69, 9.17) is 23.4 Å². The van der Waals surface area contributed by atoms with Gasteiger partial charge in [0.2, 0.25) is 0 Å². The molecule has 6 rings (SSSR count). The lowest BCUT2D eigenvalue weighted by Gasteiger charge is -2.46. The Kier molecular flexibility index (Phi) is 5.60. The average molecular weight is 525 g/mol. The van der Waals surface area contributed by atoms with E-state index in [9.17, 15) is 25.2 Å². The minimum absolute atomic E-state index is 0.117. The summed E-state index contributed by atoms with van der Waals surface area (Å²) in [6, 6.07) is 8.12. The Morgan fingerprint density at radius 1 is 0.974 bits per heavy atom. The number of phenolic OH excluding ortho intramolecular Hbond substituents is 1. The molecule has 0 radical (unpaired) electrons. The van der Waals surface area contributed by atoms with Gasteiger partial charge in [-0.3, -0.25) is 0 Å². The zero-order valence-corrected chi connectivity index (χ0v) is 21.2. The van der Waals surface area contributed by atoms with Crippen LogP contribution in [0.3, 0.4) is 0 Å². The van der Waals surface area contributed by atoms with Gasteiger partial charge in [-0.1, -0.05) is 6.07 Å². The summed E-state index contributed by atoms with van der Waals surface area (Å²) in [7, 11) is 2.95. The Hall–Kier alpha value is -3.41. The molecule has 4 N–H and O–H groups in total. The van der Waals surface area contributed by atoms with Gasteiger partial charge in [-0.05, 0) is 49.2 Å². The first-order valence-corrected chi connectivity index (χ1v) is 12.2. The molecule has 2 saturated heterocycles. The summed E-state index contributed by atoms with van der Waals surface area (Å²) in [5.74, 6) is 0.565. The maximum absolute atomic E-state index is 13.4. The number of epoxide rings is 1. The number of benzene rings is 3. The minimum atomic E-state index is -1.90. The summed E-state index contributed by atoms with van der Waals surface area (Å²) in [6.45, 7) is 3.46. The van der Waals surface area contributed by atoms with Crippen LogP contribution in [0.1, 0.15) is 37.2 Å². The van der Waals surface area contributed by atoms with Crippen molar-refractivity contribution in [3.63, 3.8) is 0 Å². The van der Waals surface area contributed by atoms with E-state index in [1.54, 1.807) is 19.1 Å². The standard InChI is InChI=1S/C28H28O10/c1-11-25(30)28(2,33)26(31)24(37-11)13-5-6-16(29)22-18(35-4)9-14-20-15(27(32)38-23(14)21(13)22)7-12(19-10-36-19)8-17(20)34-3/h5-9,11,19,24-26,29-31,33H,10H2,1-4H3/t11-,19-,24+,25-,26+,28+/m0/s1. The molecule has 2 aliphatic heterocycles. The van der Waals surface area contributed by atoms with Crippen molar-refractivity contribution in [2.45, 2.75) is 50.0 Å². The first-order chi connectivity index (χ1) is 18.1. The zero-order valence-electron chi connectivity index (χ0n) is 21.2. The molecule has 0 bridgehead atoms. The fourth-order valence-corrected chi connectivity index (χ4v) is 5.59. The van der Waals surface area contributed by atoms with Crippen LogP contribution >= 0.6 is 0 Å². The summed E-state index contributed by atoms with van der Waals surface area (Å²) in [5, 5.41) is 45.1. The van der Waals surface area contributed by atoms with E-state index >= 15 is 0 Å². The van der Waals surface area contributed by atoms with Gasteiger partial charge in [0.1, 0.15) is 52.8 Å². The number of aliphatic hydroxyl groups excluding tert-OH is 2. The van der Waals surface area contributed by atoms with Crippen LogP contribution in [0, 0.1) is 0 Å². The Bertz CT molecular complexity index is 1650. The molecule has 1 aromatic heterocycles. The van der Waals surface area contributed by atoms with Crippen molar-refractivity contribution in [2.75, 3.05) is 20.8 Å². The molecule has 10 nitrogen and oxygen atoms in total. The molecular weight excluding hydrogens is 496 g/mol. The maximum atomic E-state index is 13.4. The van der Waals surface area contributed by atoms with Gasteiger partial charge in [0.05, 0.1) is 37.7 Å². The lowest BCUT2D eigenvalue weighted by Crippen LogP contribution is -2.61. The van der Waals surface area contributed by atoms with Crippen LogP contribution in [0.15, 0.2) is 39.5 Å². The molecular formula is C28H28O10. The van der Waals surface area contributed by atoms with E-state index in [2.05, 4.69) is 0 Å². The molecule has 2 fully saturated rings. The van der Waals surface area contributed by atoms with Crippen LogP contribution in [0.4, 0.5) is 0 Å². The van der Waals surface area contributed by atoms with Crippen molar-refractivity contribution in [3.8, 4) is 17.2 Å². The molecule has 2 aliphatic rings. The predicted octanol–water partition coefficient (Wildman–Crippen LogP) is 2.83. The van der Waals surface area contributed by atoms with Crippen LogP contribution < -0.4 is 15.1 Å². The predicted molar refractivity (Wildman–Crippen MR) is 137 cm³/mol. The second-order valence-corrected chi connectivity index (χ2v) is 10.1. The third kappa shape index (κ3) is 3.49. The number of rotatable bonds is 4. The largest absolute Gasteiger partial charge is 0.507 e. The van der Waals surface area contributed by atoms with Gasteiger partial charge >= 0.3 is 5.63 Å². The molecule has 6 atom stereocenters. The Morgan fingerprint density at radius 2 is 1.66 bits per heavy atom. The molecule has 4 aromatic rings. The van der Waals surface area contributed by atoms with E-state index in [1.807, 2.05) is 6.07 Å². The molecule has 3 heterocycles. The van der Waals surface area contributed by atoms with Gasteiger partial charge in [0.15, 0.2) is 0 Å². The molecule has 200 valence electrons. The minimum Gasteiger partial charge on any atom is -0.507 e. The number of hydrogen-bond acceptors (Lipinski definition) is 10. The van der Waals surface area contributed by atoms with Crippen molar-refractivity contribution in [3.05, 3.63) is 51.9 Å². The van der Waals surface area contributed by atoms with Gasteiger partial charge in [-0.15, -0.1) is 0 Å². The molecule has 0 unspecified atom stereocenters. The summed E-state index contributed by atoms with van der Waals surface area (Å²) in [6.07, 6.45) is -4.99. The number of ether oxygens (including phenoxy) is 4. The van der Waals surface area contributed by atoms with Crippen LogP contribution in [0.5, 0.6) is 17.2 Å². The van der Waals surface area contributed by atoms with Crippen molar-refractivity contribution in [1.82, 2.24) is 0 Å². The van der Waals surface area contributed by atoms with Gasteiger partial charge < -0.3 is 43.8 Å². The maximum Gasteiger partial charge on any atom is 0.344 e. The third-order valence-corrected chi connectivity index (χ3v) is 7.76. The number of aliphatic hydroxyl groups is 3. The fraction of sp³-hybridized carbons (Fsp3) is 0.393. The van der Waals surface area contributed by atoms with E-state index in [-0.39, 0.29) is 34.0 Å². The number of phenols is 1. The van der Waals surface area contributed by atoms with E-state index in [1.165, 1.54) is 33.3 Å². The Labute approximate surface area is 216 Å². The highest BCUT2D eigenvalue weighted by molar-refractivity contribution is 6.19. The topological polar surface area (TPSA) is 151 Å². The molecule has 38 heavy (non-hydrogen) atoms. The molecule has 3 aromatic carbocycles. The zero-order chi connectivity index (χ0) is 27.1. The monoisotopic (exact) mass is 524 g/mol. The smallest absolute Gasteiger partial charge is 0.344 e. The molecule has 0 spiro atoms. The molecule has 0 saturated carbocycles. The van der Waals surface area contributed by atoms with Crippen molar-refractivity contribution in [2.24, 2.45) is 0 Å². The van der Waals surface area contributed by atoms with Crippen molar-refractivity contribution in [1.29, 1.82) is 0 Å². The third-order valence-electron chi connectivity index (χ3n) is 7.76. The second-order valence-electron chi connectivity index (χ2n) is 10.1. The SMILES string of the molecule is COc1cc2c(oc(=O)c3cc([C@@H]4CO4)cc(OC)c32)c2c([C@H]3O[C@@H](C)[C@H](O)[C@@](C)(O)[C@@H]3O)ccc(O)c12.